The van der Waals surface area contributed by atoms with Crippen molar-refractivity contribution in [1.29, 1.82) is 0 Å². The lowest BCUT2D eigenvalue weighted by Gasteiger charge is -2.35. The summed E-state index contributed by atoms with van der Waals surface area (Å²) >= 11 is 0. The minimum Gasteiger partial charge on any atom is -0.516 e. The third-order valence-corrected chi connectivity index (χ3v) is 3.79. The van der Waals surface area contributed by atoms with E-state index in [1.807, 2.05) is 6.20 Å². The molecule has 8 heteroatoms. The summed E-state index contributed by atoms with van der Waals surface area (Å²) in [6.07, 6.45) is 4.79. The fourth-order valence-electron chi connectivity index (χ4n) is 2.69. The van der Waals surface area contributed by atoms with Crippen LogP contribution in [0.4, 0.5) is 5.82 Å². The van der Waals surface area contributed by atoms with Crippen LogP contribution in [-0.2, 0) is 0 Å². The van der Waals surface area contributed by atoms with Crippen molar-refractivity contribution in [3.05, 3.63) is 59.0 Å². The number of anilines is 1. The molecule has 0 bridgehead atoms. The number of fused-ring (bicyclic) bond motifs is 1. The van der Waals surface area contributed by atoms with Crippen molar-refractivity contribution in [3.8, 4) is 0 Å². The van der Waals surface area contributed by atoms with Gasteiger partial charge < -0.3 is 15.2 Å². The standard InChI is InChI=1S/C16H19N3O.HNO3/c20-13-3-8-18-9-11-19(12-10-18)16-15-5-2-1-4-14(15)6-7-17-16;2-1(3)4/h1-7,13,20H,8-12H2;(H,2,3,4). The molecule has 1 fully saturated rings. The van der Waals surface area contributed by atoms with Crippen molar-refractivity contribution in [2.24, 2.45) is 0 Å². The third kappa shape index (κ3) is 4.82. The lowest BCUT2D eigenvalue weighted by atomic mass is 10.1. The Bertz CT molecular complexity index is 690. The average molecular weight is 332 g/mol. The molecule has 0 unspecified atom stereocenters. The van der Waals surface area contributed by atoms with Gasteiger partial charge >= 0.3 is 0 Å². The molecule has 0 amide bonds. The van der Waals surface area contributed by atoms with Crippen LogP contribution in [0.3, 0.4) is 0 Å². The molecule has 1 aliphatic heterocycles. The van der Waals surface area contributed by atoms with Gasteiger partial charge in [-0.25, -0.2) is 4.98 Å². The van der Waals surface area contributed by atoms with E-state index in [-0.39, 0.29) is 0 Å². The topological polar surface area (TPSA) is 103 Å². The molecule has 0 atom stereocenters. The molecule has 0 radical (unpaired) electrons. The smallest absolute Gasteiger partial charge is 0.291 e. The summed E-state index contributed by atoms with van der Waals surface area (Å²) in [4.78, 5) is 17.6. The molecule has 2 aromatic rings. The van der Waals surface area contributed by atoms with Crippen LogP contribution in [0.2, 0.25) is 0 Å². The van der Waals surface area contributed by atoms with E-state index in [2.05, 4.69) is 45.1 Å². The van der Waals surface area contributed by atoms with Crippen LogP contribution in [-0.4, -0.2) is 58.0 Å². The quantitative estimate of drug-likeness (QED) is 0.504. The Morgan fingerprint density at radius 3 is 2.54 bits per heavy atom. The van der Waals surface area contributed by atoms with Crippen LogP contribution in [0.25, 0.3) is 10.8 Å². The highest BCUT2D eigenvalue weighted by Gasteiger charge is 2.18. The van der Waals surface area contributed by atoms with E-state index in [0.29, 0.717) is 0 Å². The van der Waals surface area contributed by atoms with Gasteiger partial charge in [0.1, 0.15) is 5.82 Å². The molecule has 1 saturated heterocycles. The Morgan fingerprint density at radius 2 is 1.88 bits per heavy atom. The second-order valence-corrected chi connectivity index (χ2v) is 5.27. The Balaban J connectivity index is 0.000000471. The zero-order valence-electron chi connectivity index (χ0n) is 13.2. The molecule has 24 heavy (non-hydrogen) atoms. The number of hydrogen-bond acceptors (Lipinski definition) is 6. The number of pyridine rings is 1. The molecule has 3 rings (SSSR count). The predicted octanol–water partition coefficient (Wildman–Crippen LogP) is 2.08. The highest BCUT2D eigenvalue weighted by molar-refractivity contribution is 5.92. The van der Waals surface area contributed by atoms with Crippen LogP contribution in [0, 0.1) is 10.1 Å². The van der Waals surface area contributed by atoms with Gasteiger partial charge in [0.15, 0.2) is 0 Å². The summed E-state index contributed by atoms with van der Waals surface area (Å²) in [5.74, 6) is 1.08. The number of piperazine rings is 1. The van der Waals surface area contributed by atoms with Crippen molar-refractivity contribution >= 4 is 16.6 Å². The normalized spacial score (nSPS) is 15.2. The largest absolute Gasteiger partial charge is 0.516 e. The minimum absolute atomic E-state index is 0.813. The highest BCUT2D eigenvalue weighted by atomic mass is 16.9. The van der Waals surface area contributed by atoms with Crippen molar-refractivity contribution < 1.29 is 15.4 Å². The molecule has 0 spiro atoms. The van der Waals surface area contributed by atoms with E-state index in [1.54, 1.807) is 6.08 Å². The van der Waals surface area contributed by atoms with E-state index < -0.39 is 5.09 Å². The fraction of sp³-hybridized carbons (Fsp3) is 0.312. The molecule has 2 heterocycles. The van der Waals surface area contributed by atoms with Crippen LogP contribution < -0.4 is 4.90 Å². The minimum atomic E-state index is -1.50. The highest BCUT2D eigenvalue weighted by Crippen LogP contribution is 2.24. The zero-order chi connectivity index (χ0) is 17.4. The Kier molecular flexibility index (Phi) is 6.32. The van der Waals surface area contributed by atoms with Gasteiger partial charge in [-0.2, -0.15) is 0 Å². The van der Waals surface area contributed by atoms with Crippen molar-refractivity contribution in [3.63, 3.8) is 0 Å². The van der Waals surface area contributed by atoms with Crippen molar-refractivity contribution in [2.45, 2.75) is 0 Å². The lowest BCUT2D eigenvalue weighted by molar-refractivity contribution is -0.742. The van der Waals surface area contributed by atoms with Gasteiger partial charge in [-0.3, -0.25) is 4.90 Å². The summed E-state index contributed by atoms with van der Waals surface area (Å²) in [6.45, 7) is 4.75. The van der Waals surface area contributed by atoms with Crippen molar-refractivity contribution in [1.82, 2.24) is 9.88 Å². The number of benzene rings is 1. The second-order valence-electron chi connectivity index (χ2n) is 5.27. The molecular weight excluding hydrogens is 312 g/mol. The van der Waals surface area contributed by atoms with Crippen LogP contribution in [0.5, 0.6) is 0 Å². The summed E-state index contributed by atoms with van der Waals surface area (Å²) in [6, 6.07) is 10.4. The first-order valence-corrected chi connectivity index (χ1v) is 7.55. The maximum Gasteiger partial charge on any atom is 0.291 e. The predicted molar refractivity (Wildman–Crippen MR) is 90.9 cm³/mol. The molecule has 8 nitrogen and oxygen atoms in total. The first-order chi connectivity index (χ1) is 11.6. The molecule has 1 aliphatic rings. The van der Waals surface area contributed by atoms with Crippen molar-refractivity contribution in [2.75, 3.05) is 37.6 Å². The molecule has 2 N–H and O–H groups in total. The number of nitrogens with zero attached hydrogens (tertiary/aromatic N) is 4. The molecule has 1 aromatic carbocycles. The monoisotopic (exact) mass is 332 g/mol. The Labute approximate surface area is 139 Å². The van der Waals surface area contributed by atoms with E-state index in [0.717, 1.165) is 44.8 Å². The first kappa shape index (κ1) is 17.5. The van der Waals surface area contributed by atoms with Gasteiger partial charge in [-0.05, 0) is 17.5 Å². The zero-order valence-corrected chi connectivity index (χ0v) is 13.2. The van der Waals surface area contributed by atoms with Gasteiger partial charge in [0.25, 0.3) is 5.09 Å². The summed E-state index contributed by atoms with van der Waals surface area (Å²) in [5.41, 5.74) is 0. The number of aromatic nitrogens is 1. The third-order valence-electron chi connectivity index (χ3n) is 3.79. The van der Waals surface area contributed by atoms with E-state index in [9.17, 15) is 0 Å². The van der Waals surface area contributed by atoms with E-state index >= 15 is 0 Å². The molecule has 0 saturated carbocycles. The van der Waals surface area contributed by atoms with Gasteiger partial charge in [-0.1, -0.05) is 24.3 Å². The molecule has 0 aliphatic carbocycles. The number of rotatable bonds is 3. The summed E-state index contributed by atoms with van der Waals surface area (Å²) in [7, 11) is 0. The fourth-order valence-corrected chi connectivity index (χ4v) is 2.69. The maximum absolute atomic E-state index is 8.72. The maximum atomic E-state index is 8.72. The number of aliphatic hydroxyl groups excluding tert-OH is 1. The second kappa shape index (κ2) is 8.68. The summed E-state index contributed by atoms with van der Waals surface area (Å²) in [5, 5.41) is 24.8. The lowest BCUT2D eigenvalue weighted by Crippen LogP contribution is -2.46. The number of hydrogen-bond donors (Lipinski definition) is 2. The Hall–Kier alpha value is -2.87. The van der Waals surface area contributed by atoms with Crippen LogP contribution >= 0.6 is 0 Å². The van der Waals surface area contributed by atoms with Gasteiger partial charge in [0.2, 0.25) is 0 Å². The summed E-state index contributed by atoms with van der Waals surface area (Å²) < 4.78 is 0. The SMILES string of the molecule is O=[N+]([O-])O.OC=CCN1CCN(c2nccc3ccccc23)CC1. The Morgan fingerprint density at radius 1 is 1.21 bits per heavy atom. The van der Waals surface area contributed by atoms with Gasteiger partial charge in [0.05, 0.1) is 6.26 Å². The van der Waals surface area contributed by atoms with Crippen LogP contribution in [0.1, 0.15) is 0 Å². The van der Waals surface area contributed by atoms with E-state index in [1.165, 1.54) is 10.8 Å². The first-order valence-electron chi connectivity index (χ1n) is 7.55. The van der Waals surface area contributed by atoms with E-state index in [4.69, 9.17) is 20.4 Å². The van der Waals surface area contributed by atoms with Gasteiger partial charge in [0, 0.05) is 44.3 Å². The average Bonchev–Trinajstić information content (AvgIpc) is 2.59. The van der Waals surface area contributed by atoms with Gasteiger partial charge in [-0.15, -0.1) is 10.1 Å². The number of aliphatic hydroxyl groups is 1. The molecule has 128 valence electrons. The molecular formula is C16H20N4O4. The molecule has 1 aromatic heterocycles. The van der Waals surface area contributed by atoms with Crippen LogP contribution in [0.15, 0.2) is 48.9 Å².